The van der Waals surface area contributed by atoms with Crippen molar-refractivity contribution in [3.05, 3.63) is 61.1 Å². The van der Waals surface area contributed by atoms with Crippen LogP contribution in [0.25, 0.3) is 22.3 Å². The van der Waals surface area contributed by atoms with E-state index in [9.17, 15) is 4.79 Å². The number of anilines is 3. The molecule has 0 bridgehead atoms. The van der Waals surface area contributed by atoms with Crippen molar-refractivity contribution in [2.75, 3.05) is 36.4 Å². The van der Waals surface area contributed by atoms with E-state index < -0.39 is 0 Å². The summed E-state index contributed by atoms with van der Waals surface area (Å²) in [5.41, 5.74) is 4.88. The minimum absolute atomic E-state index is 0.145. The molecule has 0 radical (unpaired) electrons. The first-order valence-corrected chi connectivity index (χ1v) is 10.7. The van der Waals surface area contributed by atoms with Crippen LogP contribution in [-0.2, 0) is 11.8 Å². The second-order valence-electron chi connectivity index (χ2n) is 7.96. The van der Waals surface area contributed by atoms with Crippen molar-refractivity contribution in [2.24, 2.45) is 7.05 Å². The summed E-state index contributed by atoms with van der Waals surface area (Å²) in [6.07, 6.45) is 5.61. The van der Waals surface area contributed by atoms with Crippen LogP contribution >= 0.6 is 0 Å². The molecule has 3 aromatic heterocycles. The van der Waals surface area contributed by atoms with E-state index in [1.807, 2.05) is 47.0 Å². The van der Waals surface area contributed by atoms with Crippen molar-refractivity contribution in [1.82, 2.24) is 24.4 Å². The molecule has 1 aliphatic rings. The Labute approximate surface area is 186 Å². The zero-order chi connectivity index (χ0) is 22.1. The van der Waals surface area contributed by atoms with Crippen molar-refractivity contribution in [3.63, 3.8) is 0 Å². The zero-order valence-corrected chi connectivity index (χ0v) is 18.2. The van der Waals surface area contributed by atoms with Crippen LogP contribution in [0, 0.1) is 0 Å². The van der Waals surface area contributed by atoms with E-state index in [-0.39, 0.29) is 5.91 Å². The average molecular weight is 428 g/mol. The fourth-order valence-electron chi connectivity index (χ4n) is 4.15. The number of piperazine rings is 1. The van der Waals surface area contributed by atoms with Gasteiger partial charge in [0.25, 0.3) is 0 Å². The van der Waals surface area contributed by atoms with Gasteiger partial charge in [0.15, 0.2) is 0 Å². The van der Waals surface area contributed by atoms with Gasteiger partial charge in [0.1, 0.15) is 5.65 Å². The molecule has 32 heavy (non-hydrogen) atoms. The van der Waals surface area contributed by atoms with E-state index in [1.165, 1.54) is 0 Å². The molecule has 0 atom stereocenters. The lowest BCUT2D eigenvalue weighted by Gasteiger charge is -2.35. The first-order valence-electron chi connectivity index (χ1n) is 10.7. The summed E-state index contributed by atoms with van der Waals surface area (Å²) in [6.45, 7) is 4.85. The Morgan fingerprint density at radius 1 is 0.969 bits per heavy atom. The Morgan fingerprint density at radius 3 is 2.50 bits per heavy atom. The molecule has 8 nitrogen and oxygen atoms in total. The minimum atomic E-state index is 0.145. The molecule has 162 valence electrons. The van der Waals surface area contributed by atoms with Gasteiger partial charge in [-0.1, -0.05) is 0 Å². The molecule has 0 saturated carbocycles. The first-order chi connectivity index (χ1) is 15.6. The van der Waals surface area contributed by atoms with Gasteiger partial charge in [-0.15, -0.1) is 0 Å². The van der Waals surface area contributed by atoms with Gasteiger partial charge < -0.3 is 19.7 Å². The van der Waals surface area contributed by atoms with Crippen LogP contribution < -0.4 is 10.2 Å². The predicted octanol–water partition coefficient (Wildman–Crippen LogP) is 3.44. The maximum Gasteiger partial charge on any atom is 0.227 e. The van der Waals surface area contributed by atoms with Gasteiger partial charge in [-0.25, -0.2) is 15.0 Å². The fraction of sp³-hybridized carbons (Fsp3) is 0.250. The van der Waals surface area contributed by atoms with E-state index in [2.05, 4.69) is 38.4 Å². The van der Waals surface area contributed by atoms with E-state index in [0.29, 0.717) is 5.95 Å². The van der Waals surface area contributed by atoms with Gasteiger partial charge in [0.2, 0.25) is 11.9 Å². The summed E-state index contributed by atoms with van der Waals surface area (Å²) >= 11 is 0. The number of hydrogen-bond donors (Lipinski definition) is 1. The molecule has 0 aliphatic carbocycles. The van der Waals surface area contributed by atoms with Crippen molar-refractivity contribution in [2.45, 2.75) is 6.92 Å². The number of benzene rings is 1. The molecule has 5 rings (SSSR count). The topological polar surface area (TPSA) is 79.2 Å². The minimum Gasteiger partial charge on any atom is -0.368 e. The number of nitrogens with zero attached hydrogens (tertiary/aromatic N) is 6. The van der Waals surface area contributed by atoms with E-state index in [0.717, 1.165) is 59.8 Å². The summed E-state index contributed by atoms with van der Waals surface area (Å²) in [6, 6.07) is 14.2. The van der Waals surface area contributed by atoms with Crippen molar-refractivity contribution >= 4 is 34.3 Å². The van der Waals surface area contributed by atoms with E-state index in [4.69, 9.17) is 4.98 Å². The molecular formula is C24H25N7O. The number of fused-ring (bicyclic) bond motifs is 1. The van der Waals surface area contributed by atoms with Crippen molar-refractivity contribution in [1.29, 1.82) is 0 Å². The fourth-order valence-corrected chi connectivity index (χ4v) is 4.15. The number of aryl methyl sites for hydroxylation is 1. The Balaban J connectivity index is 1.31. The standard InChI is InChI=1S/C24H25N7O/c1-17(32)30-12-14-31(15-13-30)19-7-5-18(6-8-19)27-24-26-11-9-22(28-24)21-16-29(2)23-20(21)4-3-10-25-23/h3-11,16H,12-15H2,1-2H3,(H,26,27,28). The molecule has 0 spiro atoms. The van der Waals surface area contributed by atoms with Gasteiger partial charge in [-0.3, -0.25) is 4.79 Å². The highest BCUT2D eigenvalue weighted by Crippen LogP contribution is 2.28. The number of rotatable bonds is 4. The Morgan fingerprint density at radius 2 is 1.75 bits per heavy atom. The number of aromatic nitrogens is 4. The summed E-state index contributed by atoms with van der Waals surface area (Å²) in [5, 5.41) is 4.37. The molecule has 1 N–H and O–H groups in total. The summed E-state index contributed by atoms with van der Waals surface area (Å²) < 4.78 is 2.01. The van der Waals surface area contributed by atoms with Crippen LogP contribution in [0.3, 0.4) is 0 Å². The second-order valence-corrected chi connectivity index (χ2v) is 7.96. The van der Waals surface area contributed by atoms with Crippen molar-refractivity contribution in [3.8, 4) is 11.3 Å². The largest absolute Gasteiger partial charge is 0.368 e. The molecule has 4 aromatic rings. The third-order valence-electron chi connectivity index (χ3n) is 5.88. The Kier molecular flexibility index (Phi) is 5.18. The van der Waals surface area contributed by atoms with Crippen LogP contribution in [0.4, 0.5) is 17.3 Å². The number of pyridine rings is 1. The van der Waals surface area contributed by atoms with Gasteiger partial charge in [-0.05, 0) is 42.5 Å². The Bertz CT molecular complexity index is 1260. The van der Waals surface area contributed by atoms with Gasteiger partial charge in [0.05, 0.1) is 5.69 Å². The quantitative estimate of drug-likeness (QED) is 0.538. The lowest BCUT2D eigenvalue weighted by atomic mass is 10.1. The van der Waals surface area contributed by atoms with Crippen LogP contribution in [0.5, 0.6) is 0 Å². The summed E-state index contributed by atoms with van der Waals surface area (Å²) in [4.78, 5) is 29.3. The highest BCUT2D eigenvalue weighted by molar-refractivity contribution is 5.93. The SMILES string of the molecule is CC(=O)N1CCN(c2ccc(Nc3nccc(-c4cn(C)c5ncccc45)n3)cc2)CC1. The Hall–Kier alpha value is -3.94. The summed E-state index contributed by atoms with van der Waals surface area (Å²) in [7, 11) is 1.99. The molecule has 0 unspecified atom stereocenters. The maximum absolute atomic E-state index is 11.5. The summed E-state index contributed by atoms with van der Waals surface area (Å²) in [5.74, 6) is 0.692. The third-order valence-corrected chi connectivity index (χ3v) is 5.88. The molecule has 1 saturated heterocycles. The zero-order valence-electron chi connectivity index (χ0n) is 18.2. The van der Waals surface area contributed by atoms with Crippen LogP contribution in [-0.4, -0.2) is 56.5 Å². The normalized spacial score (nSPS) is 14.1. The van der Waals surface area contributed by atoms with E-state index in [1.54, 1.807) is 19.3 Å². The second kappa shape index (κ2) is 8.30. The maximum atomic E-state index is 11.5. The van der Waals surface area contributed by atoms with Crippen LogP contribution in [0.15, 0.2) is 61.1 Å². The highest BCUT2D eigenvalue weighted by atomic mass is 16.2. The predicted molar refractivity (Wildman–Crippen MR) is 126 cm³/mol. The molecule has 1 fully saturated rings. The van der Waals surface area contributed by atoms with Gasteiger partial charge in [-0.2, -0.15) is 0 Å². The third kappa shape index (κ3) is 3.87. The monoisotopic (exact) mass is 427 g/mol. The molecule has 4 heterocycles. The van der Waals surface area contributed by atoms with Crippen LogP contribution in [0.1, 0.15) is 6.92 Å². The highest BCUT2D eigenvalue weighted by Gasteiger charge is 2.18. The molecular weight excluding hydrogens is 402 g/mol. The lowest BCUT2D eigenvalue weighted by Crippen LogP contribution is -2.48. The number of carbonyl (C=O) groups excluding carboxylic acids is 1. The van der Waals surface area contributed by atoms with Crippen LogP contribution in [0.2, 0.25) is 0 Å². The smallest absolute Gasteiger partial charge is 0.227 e. The van der Waals surface area contributed by atoms with Gasteiger partial charge >= 0.3 is 0 Å². The van der Waals surface area contributed by atoms with E-state index >= 15 is 0 Å². The number of amides is 1. The van der Waals surface area contributed by atoms with Crippen molar-refractivity contribution < 1.29 is 4.79 Å². The number of nitrogens with one attached hydrogen (secondary N) is 1. The lowest BCUT2D eigenvalue weighted by molar-refractivity contribution is -0.129. The van der Waals surface area contributed by atoms with Gasteiger partial charge in [0, 0.05) is 81.1 Å². The molecule has 1 amide bonds. The average Bonchev–Trinajstić information content (AvgIpc) is 3.17. The molecule has 8 heteroatoms. The molecule has 1 aliphatic heterocycles. The number of hydrogen-bond acceptors (Lipinski definition) is 6. The molecule has 1 aromatic carbocycles. The first kappa shape index (κ1) is 20.0. The number of carbonyl (C=O) groups is 1.